The lowest BCUT2D eigenvalue weighted by atomic mass is 9.91. The van der Waals surface area contributed by atoms with Crippen LogP contribution in [0.2, 0.25) is 0 Å². The molecule has 2 heteroatoms. The zero-order chi connectivity index (χ0) is 44.0. The average molecular weight is 849 g/mol. The molecule has 0 fully saturated rings. The Morgan fingerprint density at radius 1 is 0.239 bits per heavy atom. The average Bonchev–Trinajstić information content (AvgIpc) is 3.72. The maximum Gasteiger partial charge on any atom is 0.0736 e. The maximum absolute atomic E-state index is 5.55. The van der Waals surface area contributed by atoms with Gasteiger partial charge in [-0.1, -0.05) is 194 Å². The van der Waals surface area contributed by atoms with E-state index in [9.17, 15) is 0 Å². The number of fused-ring (bicyclic) bond motifs is 12. The van der Waals surface area contributed by atoms with Crippen LogP contribution >= 0.6 is 0 Å². The molecule has 0 amide bonds. The Bertz CT molecular complexity index is 4220. The second-order valence-electron chi connectivity index (χ2n) is 17.9. The highest BCUT2D eigenvalue weighted by Gasteiger charge is 2.20. The first-order valence-electron chi connectivity index (χ1n) is 23.1. The minimum absolute atomic E-state index is 0.938. The first-order chi connectivity index (χ1) is 33.2. The maximum atomic E-state index is 5.55. The smallest absolute Gasteiger partial charge is 0.0736 e. The zero-order valence-corrected chi connectivity index (χ0v) is 36.5. The molecule has 2 aromatic heterocycles. The SMILES string of the molecule is c1ccc(-c2ccc3c(c2)c2cc4c5ccc(-c6ccc7ccccc7c6)cc5c5ccccc5c4cc2n3-c2cc(-c3cccc4ccccc34)nc(-c3cccc4ccccc34)c2)cc1. The van der Waals surface area contributed by atoms with Gasteiger partial charge >= 0.3 is 0 Å². The molecular formula is C65H40N2. The molecule has 0 aliphatic rings. The first kappa shape index (κ1) is 37.5. The van der Waals surface area contributed by atoms with Crippen molar-refractivity contribution in [2.75, 3.05) is 0 Å². The molecule has 0 saturated heterocycles. The van der Waals surface area contributed by atoms with E-state index < -0.39 is 0 Å². The third kappa shape index (κ3) is 6.00. The summed E-state index contributed by atoms with van der Waals surface area (Å²) in [6, 6.07) is 89.2. The lowest BCUT2D eigenvalue weighted by Gasteiger charge is -2.16. The van der Waals surface area contributed by atoms with Gasteiger partial charge in [0.15, 0.2) is 0 Å². The summed E-state index contributed by atoms with van der Waals surface area (Å²) < 4.78 is 2.49. The number of rotatable bonds is 5. The molecule has 0 aliphatic carbocycles. The van der Waals surface area contributed by atoms with Crippen LogP contribution in [0.5, 0.6) is 0 Å². The number of nitrogens with zero attached hydrogens (tertiary/aromatic N) is 2. The fraction of sp³-hybridized carbons (Fsp3) is 0. The molecule has 0 unspecified atom stereocenters. The van der Waals surface area contributed by atoms with Gasteiger partial charge in [-0.25, -0.2) is 4.98 Å². The van der Waals surface area contributed by atoms with Gasteiger partial charge in [0, 0.05) is 21.9 Å². The van der Waals surface area contributed by atoms with E-state index >= 15 is 0 Å². The fourth-order valence-corrected chi connectivity index (χ4v) is 10.9. The number of benzene rings is 12. The topological polar surface area (TPSA) is 17.8 Å². The van der Waals surface area contributed by atoms with E-state index in [1.165, 1.54) is 97.7 Å². The molecule has 67 heavy (non-hydrogen) atoms. The summed E-state index contributed by atoms with van der Waals surface area (Å²) >= 11 is 0. The molecule has 310 valence electrons. The second kappa shape index (κ2) is 14.9. The molecule has 0 saturated carbocycles. The minimum Gasteiger partial charge on any atom is -0.309 e. The van der Waals surface area contributed by atoms with Crippen molar-refractivity contribution in [3.63, 3.8) is 0 Å². The normalized spacial score (nSPS) is 11.9. The van der Waals surface area contributed by atoms with Gasteiger partial charge in [0.2, 0.25) is 0 Å². The van der Waals surface area contributed by atoms with E-state index in [2.05, 4.69) is 247 Å². The molecule has 2 nitrogen and oxygen atoms in total. The fourth-order valence-electron chi connectivity index (χ4n) is 10.9. The van der Waals surface area contributed by atoms with Gasteiger partial charge < -0.3 is 4.57 Å². The van der Waals surface area contributed by atoms with Crippen molar-refractivity contribution in [1.82, 2.24) is 9.55 Å². The van der Waals surface area contributed by atoms with Crippen LogP contribution in [0, 0.1) is 0 Å². The molecule has 0 radical (unpaired) electrons. The van der Waals surface area contributed by atoms with Gasteiger partial charge in [-0.3, -0.25) is 0 Å². The standard InChI is InChI=1S/C65H40N2/c1-2-14-41(15-3-1)47-31-33-64-60(36-47)61-39-58-54-32-30-48(46-29-28-42-16-4-5-19-45(42)34-46)35-57(54)52-24-10-11-25-53(52)59(58)40-65(61)67(64)49-37-62(55-26-12-20-43-17-6-8-22-50(43)55)66-63(38-49)56-27-13-21-44-18-7-9-23-51(44)56/h1-40H. The summed E-state index contributed by atoms with van der Waals surface area (Å²) in [5, 5.41) is 17.2. The van der Waals surface area contributed by atoms with Crippen molar-refractivity contribution >= 4 is 86.4 Å². The Kier molecular flexibility index (Phi) is 8.32. The van der Waals surface area contributed by atoms with Gasteiger partial charge in [-0.2, -0.15) is 0 Å². The summed E-state index contributed by atoms with van der Waals surface area (Å²) in [6.45, 7) is 0. The Morgan fingerprint density at radius 3 is 1.42 bits per heavy atom. The van der Waals surface area contributed by atoms with E-state index in [1.54, 1.807) is 0 Å². The van der Waals surface area contributed by atoms with Crippen molar-refractivity contribution < 1.29 is 0 Å². The van der Waals surface area contributed by atoms with E-state index in [-0.39, 0.29) is 0 Å². The van der Waals surface area contributed by atoms with E-state index in [1.807, 2.05) is 0 Å². The summed E-state index contributed by atoms with van der Waals surface area (Å²) in [7, 11) is 0. The van der Waals surface area contributed by atoms with Crippen LogP contribution < -0.4 is 0 Å². The van der Waals surface area contributed by atoms with E-state index in [0.29, 0.717) is 0 Å². The molecule has 14 aromatic rings. The number of pyridine rings is 1. The third-order valence-corrected chi connectivity index (χ3v) is 14.1. The summed E-state index contributed by atoms with van der Waals surface area (Å²) in [5.74, 6) is 0. The Morgan fingerprint density at radius 2 is 0.716 bits per heavy atom. The van der Waals surface area contributed by atoms with E-state index in [4.69, 9.17) is 4.98 Å². The van der Waals surface area contributed by atoms with Crippen molar-refractivity contribution in [2.24, 2.45) is 0 Å². The number of hydrogen-bond donors (Lipinski definition) is 0. The third-order valence-electron chi connectivity index (χ3n) is 14.1. The molecule has 12 aromatic carbocycles. The molecule has 0 atom stereocenters. The Labute approximate surface area is 387 Å². The lowest BCUT2D eigenvalue weighted by molar-refractivity contribution is 1.16. The van der Waals surface area contributed by atoms with Crippen LogP contribution in [0.1, 0.15) is 0 Å². The van der Waals surface area contributed by atoms with Crippen LogP contribution in [-0.2, 0) is 0 Å². The van der Waals surface area contributed by atoms with Crippen LogP contribution in [0.4, 0.5) is 0 Å². The Balaban J connectivity index is 1.08. The van der Waals surface area contributed by atoms with Crippen molar-refractivity contribution in [1.29, 1.82) is 0 Å². The van der Waals surface area contributed by atoms with Gasteiger partial charge in [-0.15, -0.1) is 0 Å². The van der Waals surface area contributed by atoms with Gasteiger partial charge in [0.1, 0.15) is 0 Å². The highest BCUT2D eigenvalue weighted by molar-refractivity contribution is 6.29. The summed E-state index contributed by atoms with van der Waals surface area (Å²) in [6.07, 6.45) is 0. The number of aromatic nitrogens is 2. The first-order valence-corrected chi connectivity index (χ1v) is 23.1. The molecule has 2 heterocycles. The quantitative estimate of drug-likeness (QED) is 0.158. The molecule has 0 bridgehead atoms. The van der Waals surface area contributed by atoms with Crippen LogP contribution in [0.25, 0.3) is 137 Å². The predicted molar refractivity (Wildman–Crippen MR) is 285 cm³/mol. The van der Waals surface area contributed by atoms with Crippen molar-refractivity contribution in [3.8, 4) is 50.5 Å². The van der Waals surface area contributed by atoms with Crippen LogP contribution in [-0.4, -0.2) is 9.55 Å². The minimum atomic E-state index is 0.938. The van der Waals surface area contributed by atoms with Gasteiger partial charge in [0.05, 0.1) is 28.1 Å². The summed E-state index contributed by atoms with van der Waals surface area (Å²) in [5.41, 5.74) is 12.3. The van der Waals surface area contributed by atoms with Crippen LogP contribution in [0.3, 0.4) is 0 Å². The Hall–Kier alpha value is -8.85. The van der Waals surface area contributed by atoms with Gasteiger partial charge in [0.25, 0.3) is 0 Å². The van der Waals surface area contributed by atoms with Gasteiger partial charge in [-0.05, 0) is 135 Å². The van der Waals surface area contributed by atoms with Crippen molar-refractivity contribution in [3.05, 3.63) is 243 Å². The monoisotopic (exact) mass is 848 g/mol. The lowest BCUT2D eigenvalue weighted by Crippen LogP contribution is -1.99. The molecule has 0 spiro atoms. The van der Waals surface area contributed by atoms with Crippen molar-refractivity contribution in [2.45, 2.75) is 0 Å². The van der Waals surface area contributed by atoms with E-state index in [0.717, 1.165) is 39.2 Å². The molecule has 14 rings (SSSR count). The molecular weight excluding hydrogens is 809 g/mol. The zero-order valence-electron chi connectivity index (χ0n) is 36.5. The highest BCUT2D eigenvalue weighted by Crippen LogP contribution is 2.44. The largest absolute Gasteiger partial charge is 0.309 e. The molecule has 0 N–H and O–H groups in total. The summed E-state index contributed by atoms with van der Waals surface area (Å²) in [4.78, 5) is 5.55. The van der Waals surface area contributed by atoms with Crippen LogP contribution in [0.15, 0.2) is 243 Å². The molecule has 0 aliphatic heterocycles. The predicted octanol–water partition coefficient (Wildman–Crippen LogP) is 17.8. The highest BCUT2D eigenvalue weighted by atomic mass is 15.0. The second-order valence-corrected chi connectivity index (χ2v) is 17.9. The number of hydrogen-bond acceptors (Lipinski definition) is 1.